The Labute approximate surface area is 201 Å². The molecule has 3 aliphatic rings. The summed E-state index contributed by atoms with van der Waals surface area (Å²) in [5, 5.41) is 5.51. The number of hydrogen-bond donors (Lipinski definition) is 2. The van der Waals surface area contributed by atoms with E-state index in [9.17, 15) is 23.2 Å². The van der Waals surface area contributed by atoms with Crippen molar-refractivity contribution in [1.29, 1.82) is 0 Å². The predicted octanol–water partition coefficient (Wildman–Crippen LogP) is 3.98. The summed E-state index contributed by atoms with van der Waals surface area (Å²) in [4.78, 5) is 37.2. The average Bonchev–Trinajstić information content (AvgIpc) is 2.73. The first kappa shape index (κ1) is 22.6. The van der Waals surface area contributed by atoms with Gasteiger partial charge in [0.25, 0.3) is 11.8 Å². The Kier molecular flexibility index (Phi) is 5.29. The molecule has 0 aliphatic heterocycles. The highest BCUT2D eigenvalue weighted by Crippen LogP contribution is 2.60. The smallest absolute Gasteiger partial charge is 0.287 e. The quantitative estimate of drug-likeness (QED) is 0.524. The van der Waals surface area contributed by atoms with E-state index in [-0.39, 0.29) is 45.0 Å². The number of carbonyl (C=O) groups is 2. The van der Waals surface area contributed by atoms with Crippen molar-refractivity contribution in [2.45, 2.75) is 30.3 Å². The molecule has 0 radical (unpaired) electrons. The van der Waals surface area contributed by atoms with Crippen molar-refractivity contribution in [2.75, 3.05) is 6.61 Å². The van der Waals surface area contributed by atoms with Gasteiger partial charge in [-0.05, 0) is 37.5 Å². The highest BCUT2D eigenvalue weighted by Gasteiger charge is 2.69. The molecule has 34 heavy (non-hydrogen) atoms. The number of hydrogen-bond acceptors (Lipinski definition) is 5. The molecule has 3 aliphatic carbocycles. The summed E-state index contributed by atoms with van der Waals surface area (Å²) in [6.07, 6.45) is 1.49. The molecular weight excluding hydrogens is 493 g/mol. The van der Waals surface area contributed by atoms with Crippen LogP contribution in [0.15, 0.2) is 45.6 Å². The Morgan fingerprint density at radius 3 is 2.35 bits per heavy atom. The Balaban J connectivity index is 1.17. The number of amides is 2. The molecule has 0 atom stereocenters. The molecule has 11 heteroatoms. The Morgan fingerprint density at radius 2 is 1.65 bits per heavy atom. The molecule has 0 saturated heterocycles. The number of carbonyl (C=O) groups excluding carboxylic acids is 2. The zero-order valence-corrected chi connectivity index (χ0v) is 18.9. The molecule has 2 N–H and O–H groups in total. The number of nitrogens with one attached hydrogen (secondary N) is 2. The lowest BCUT2D eigenvalue weighted by atomic mass is 9.44. The highest BCUT2D eigenvalue weighted by atomic mass is 35.5. The number of rotatable bonds is 6. The first-order valence-electron chi connectivity index (χ1n) is 10.2. The van der Waals surface area contributed by atoms with E-state index in [1.807, 2.05) is 0 Å². The monoisotopic (exact) mass is 508 g/mol. The van der Waals surface area contributed by atoms with Crippen LogP contribution in [0, 0.1) is 11.6 Å². The first-order chi connectivity index (χ1) is 16.1. The van der Waals surface area contributed by atoms with Gasteiger partial charge in [-0.2, -0.15) is 0 Å². The molecule has 176 valence electrons. The lowest BCUT2D eigenvalue weighted by Gasteiger charge is -2.70. The van der Waals surface area contributed by atoms with Crippen molar-refractivity contribution in [3.63, 3.8) is 0 Å². The number of benzene rings is 2. The fourth-order valence-corrected chi connectivity index (χ4v) is 4.95. The molecular formula is C23H16Cl2F2N2O5. The van der Waals surface area contributed by atoms with Gasteiger partial charge in [0.05, 0.1) is 15.4 Å². The number of ether oxygens (including phenoxy) is 1. The molecule has 2 aromatic carbocycles. The van der Waals surface area contributed by atoms with Gasteiger partial charge >= 0.3 is 0 Å². The molecule has 0 spiro atoms. The van der Waals surface area contributed by atoms with E-state index < -0.39 is 34.0 Å². The van der Waals surface area contributed by atoms with Crippen LogP contribution in [-0.4, -0.2) is 29.5 Å². The van der Waals surface area contributed by atoms with Gasteiger partial charge in [0.1, 0.15) is 23.0 Å². The van der Waals surface area contributed by atoms with Crippen LogP contribution >= 0.6 is 23.2 Å². The normalized spacial score (nSPS) is 22.5. The third kappa shape index (κ3) is 3.99. The van der Waals surface area contributed by atoms with Crippen molar-refractivity contribution in [1.82, 2.24) is 10.6 Å². The van der Waals surface area contributed by atoms with E-state index in [4.69, 9.17) is 32.4 Å². The van der Waals surface area contributed by atoms with Crippen molar-refractivity contribution in [2.24, 2.45) is 0 Å². The number of halogens is 4. The minimum absolute atomic E-state index is 0.0439. The average molecular weight is 509 g/mol. The standard InChI is InChI=1S/C23H16Cl2F2N2O5/c24-13-2-1-11(3-15(13)26)33-7-20(31)28-22-8-23(9-22,10-22)29-21(32)19-6-17(30)12-4-14(25)16(27)5-18(12)34-19/h1-6H,7-10H2,(H,28,31)(H,29,32). The van der Waals surface area contributed by atoms with Gasteiger partial charge in [-0.15, -0.1) is 0 Å². The van der Waals surface area contributed by atoms with E-state index in [0.29, 0.717) is 19.3 Å². The van der Waals surface area contributed by atoms with Crippen LogP contribution in [0.1, 0.15) is 29.8 Å². The first-order valence-corrected chi connectivity index (χ1v) is 11.0. The largest absolute Gasteiger partial charge is 0.484 e. The van der Waals surface area contributed by atoms with Crippen molar-refractivity contribution >= 4 is 46.0 Å². The zero-order valence-electron chi connectivity index (χ0n) is 17.3. The molecule has 3 fully saturated rings. The van der Waals surface area contributed by atoms with Crippen LogP contribution in [0.5, 0.6) is 5.75 Å². The number of fused-ring (bicyclic) bond motifs is 1. The maximum Gasteiger partial charge on any atom is 0.287 e. The maximum atomic E-state index is 13.7. The SMILES string of the molecule is O=C(COc1ccc(Cl)c(F)c1)NC12CC(NC(=O)c3cc(=O)c4cc(Cl)c(F)cc4o3)(C1)C2. The molecule has 1 heterocycles. The summed E-state index contributed by atoms with van der Waals surface area (Å²) in [5.41, 5.74) is -1.58. The molecule has 1 aromatic heterocycles. The molecule has 2 amide bonds. The fourth-order valence-electron chi connectivity index (χ4n) is 4.67. The van der Waals surface area contributed by atoms with E-state index in [1.165, 1.54) is 12.1 Å². The van der Waals surface area contributed by atoms with Gasteiger partial charge in [-0.25, -0.2) is 8.78 Å². The van der Waals surface area contributed by atoms with Crippen LogP contribution in [0.3, 0.4) is 0 Å². The third-order valence-corrected chi connectivity index (χ3v) is 6.66. The van der Waals surface area contributed by atoms with Crippen molar-refractivity contribution < 1.29 is 27.5 Å². The lowest BCUT2D eigenvalue weighted by Crippen LogP contribution is -2.84. The van der Waals surface area contributed by atoms with Crippen molar-refractivity contribution in [3.8, 4) is 5.75 Å². The van der Waals surface area contributed by atoms with Crippen molar-refractivity contribution in [3.05, 3.63) is 74.1 Å². The van der Waals surface area contributed by atoms with E-state index in [1.54, 1.807) is 0 Å². The zero-order chi connectivity index (χ0) is 24.3. The summed E-state index contributed by atoms with van der Waals surface area (Å²) in [7, 11) is 0. The topological polar surface area (TPSA) is 97.6 Å². The van der Waals surface area contributed by atoms with Crippen LogP contribution in [0.25, 0.3) is 11.0 Å². The van der Waals surface area contributed by atoms with Gasteiger partial charge < -0.3 is 19.8 Å². The lowest BCUT2D eigenvalue weighted by molar-refractivity contribution is -0.141. The Morgan fingerprint density at radius 1 is 0.971 bits per heavy atom. The van der Waals surface area contributed by atoms with Crippen LogP contribution < -0.4 is 20.8 Å². The van der Waals surface area contributed by atoms with E-state index in [0.717, 1.165) is 24.3 Å². The second-order valence-corrected chi connectivity index (χ2v) is 9.51. The molecule has 7 nitrogen and oxygen atoms in total. The second kappa shape index (κ2) is 7.95. The summed E-state index contributed by atoms with van der Waals surface area (Å²) >= 11 is 11.3. The fraction of sp³-hybridized carbons (Fsp3) is 0.261. The molecule has 2 bridgehead atoms. The Hall–Kier alpha value is -3.17. The Bertz CT molecular complexity index is 1400. The maximum absolute atomic E-state index is 13.7. The molecule has 0 unspecified atom stereocenters. The summed E-state index contributed by atoms with van der Waals surface area (Å²) in [5.74, 6) is -2.47. The predicted molar refractivity (Wildman–Crippen MR) is 119 cm³/mol. The van der Waals surface area contributed by atoms with Gasteiger partial charge in [0.2, 0.25) is 0 Å². The molecule has 6 rings (SSSR count). The van der Waals surface area contributed by atoms with Gasteiger partial charge in [-0.3, -0.25) is 14.4 Å². The van der Waals surface area contributed by atoms with Crippen LogP contribution in [0.2, 0.25) is 10.0 Å². The summed E-state index contributed by atoms with van der Waals surface area (Å²) in [6.45, 7) is -0.301. The van der Waals surface area contributed by atoms with Gasteiger partial charge in [0, 0.05) is 29.3 Å². The summed E-state index contributed by atoms with van der Waals surface area (Å²) < 4.78 is 37.9. The van der Waals surface area contributed by atoms with Crippen LogP contribution in [-0.2, 0) is 4.79 Å². The second-order valence-electron chi connectivity index (χ2n) is 8.70. The third-order valence-electron chi connectivity index (χ3n) is 6.07. The van der Waals surface area contributed by atoms with Gasteiger partial charge in [0.15, 0.2) is 17.8 Å². The van der Waals surface area contributed by atoms with E-state index in [2.05, 4.69) is 10.6 Å². The minimum Gasteiger partial charge on any atom is -0.484 e. The van der Waals surface area contributed by atoms with Crippen LogP contribution in [0.4, 0.5) is 8.78 Å². The molecule has 3 saturated carbocycles. The minimum atomic E-state index is -0.767. The van der Waals surface area contributed by atoms with Gasteiger partial charge in [-0.1, -0.05) is 23.2 Å². The highest BCUT2D eigenvalue weighted by molar-refractivity contribution is 6.31. The molecule has 3 aromatic rings. The summed E-state index contributed by atoms with van der Waals surface area (Å²) in [6, 6.07) is 7.03. The van der Waals surface area contributed by atoms with E-state index >= 15 is 0 Å².